The highest BCUT2D eigenvalue weighted by Gasteiger charge is 2.25. The first-order valence-electron chi connectivity index (χ1n) is 7.79. The third-order valence-electron chi connectivity index (χ3n) is 3.62. The minimum absolute atomic E-state index is 0.0484. The summed E-state index contributed by atoms with van der Waals surface area (Å²) in [4.78, 5) is 25.8. The second-order valence-corrected chi connectivity index (χ2v) is 6.91. The molecule has 1 aromatic rings. The number of hydrogen-bond donors (Lipinski definition) is 2. The maximum atomic E-state index is 12.3. The average Bonchev–Trinajstić information content (AvgIpc) is 2.84. The lowest BCUT2D eigenvalue weighted by molar-refractivity contribution is -0.121. The first-order valence-corrected chi connectivity index (χ1v) is 8.60. The molecule has 0 atom stereocenters. The summed E-state index contributed by atoms with van der Waals surface area (Å²) in [5.41, 5.74) is 1.20. The predicted octanol–water partition coefficient (Wildman–Crippen LogP) is 2.28. The van der Waals surface area contributed by atoms with E-state index in [1.807, 2.05) is 13.8 Å². The minimum atomic E-state index is -0.145. The maximum Gasteiger partial charge on any atom is 0.265 e. The van der Waals surface area contributed by atoms with Crippen molar-refractivity contribution >= 4 is 23.2 Å². The molecule has 0 spiro atoms. The van der Waals surface area contributed by atoms with Crippen LogP contribution in [0.2, 0.25) is 0 Å². The van der Waals surface area contributed by atoms with Crippen LogP contribution in [0, 0.1) is 0 Å². The second kappa shape index (κ2) is 7.63. The molecule has 0 saturated heterocycles. The molecule has 2 rings (SSSR count). The summed E-state index contributed by atoms with van der Waals surface area (Å²) in [6.07, 6.45) is 4.63. The Morgan fingerprint density at radius 3 is 2.68 bits per heavy atom. The number of nitrogens with one attached hydrogen (secondary N) is 2. The highest BCUT2D eigenvalue weighted by molar-refractivity contribution is 7.14. The fourth-order valence-electron chi connectivity index (χ4n) is 2.67. The van der Waals surface area contributed by atoms with Gasteiger partial charge >= 0.3 is 0 Å². The van der Waals surface area contributed by atoms with Crippen LogP contribution in [0.3, 0.4) is 0 Å². The van der Waals surface area contributed by atoms with Crippen LogP contribution in [0.4, 0.5) is 0 Å². The van der Waals surface area contributed by atoms with Gasteiger partial charge in [0.25, 0.3) is 5.91 Å². The first-order chi connectivity index (χ1) is 10.5. The van der Waals surface area contributed by atoms with Crippen molar-refractivity contribution < 1.29 is 14.3 Å². The van der Waals surface area contributed by atoms with Crippen molar-refractivity contribution in [3.05, 3.63) is 15.3 Å². The Balaban J connectivity index is 1.95. The average molecular weight is 324 g/mol. The minimum Gasteiger partial charge on any atom is -0.495 e. The summed E-state index contributed by atoms with van der Waals surface area (Å²) in [5.74, 6) is 0.533. The summed E-state index contributed by atoms with van der Waals surface area (Å²) in [6, 6.07) is 0.118. The predicted molar refractivity (Wildman–Crippen MR) is 87.7 cm³/mol. The van der Waals surface area contributed by atoms with Gasteiger partial charge in [0.2, 0.25) is 5.91 Å². The number of thiophene rings is 1. The Hall–Kier alpha value is -1.56. The van der Waals surface area contributed by atoms with Gasteiger partial charge in [-0.1, -0.05) is 0 Å². The van der Waals surface area contributed by atoms with E-state index in [-0.39, 0.29) is 24.3 Å². The molecule has 0 bridgehead atoms. The fourth-order valence-corrected chi connectivity index (χ4v) is 3.94. The van der Waals surface area contributed by atoms with Gasteiger partial charge in [0.05, 0.1) is 7.11 Å². The SMILES string of the molecule is COc1c(C(=O)NCCC(=O)NC(C)C)sc2c1CCCC2. The molecule has 22 heavy (non-hydrogen) atoms. The number of hydrogen-bond acceptors (Lipinski definition) is 4. The number of rotatable bonds is 6. The molecule has 5 nitrogen and oxygen atoms in total. The molecular formula is C16H24N2O3S. The number of aryl methyl sites for hydroxylation is 1. The van der Waals surface area contributed by atoms with Crippen LogP contribution in [0.5, 0.6) is 5.75 Å². The Labute approximate surface area is 135 Å². The van der Waals surface area contributed by atoms with Crippen molar-refractivity contribution in [2.75, 3.05) is 13.7 Å². The van der Waals surface area contributed by atoms with Crippen LogP contribution < -0.4 is 15.4 Å². The van der Waals surface area contributed by atoms with E-state index in [4.69, 9.17) is 4.74 Å². The molecular weight excluding hydrogens is 300 g/mol. The zero-order valence-corrected chi connectivity index (χ0v) is 14.3. The van der Waals surface area contributed by atoms with Crippen molar-refractivity contribution in [3.63, 3.8) is 0 Å². The van der Waals surface area contributed by atoms with Gasteiger partial charge in [-0.2, -0.15) is 0 Å². The topological polar surface area (TPSA) is 67.4 Å². The Kier molecular flexibility index (Phi) is 5.83. The van der Waals surface area contributed by atoms with Crippen molar-refractivity contribution in [1.82, 2.24) is 10.6 Å². The quantitative estimate of drug-likeness (QED) is 0.843. The van der Waals surface area contributed by atoms with Crippen molar-refractivity contribution in [2.24, 2.45) is 0 Å². The molecule has 1 aromatic heterocycles. The van der Waals surface area contributed by atoms with Gasteiger partial charge in [0, 0.05) is 29.4 Å². The number of carbonyl (C=O) groups excluding carboxylic acids is 2. The van der Waals surface area contributed by atoms with E-state index >= 15 is 0 Å². The summed E-state index contributed by atoms with van der Waals surface area (Å²) in [5, 5.41) is 5.62. The van der Waals surface area contributed by atoms with E-state index in [1.54, 1.807) is 7.11 Å². The van der Waals surface area contributed by atoms with Crippen LogP contribution in [0.25, 0.3) is 0 Å². The number of carbonyl (C=O) groups is 2. The summed E-state index contributed by atoms with van der Waals surface area (Å²) >= 11 is 1.53. The van der Waals surface area contributed by atoms with Crippen LogP contribution in [-0.4, -0.2) is 31.5 Å². The molecule has 0 aromatic carbocycles. The second-order valence-electron chi connectivity index (χ2n) is 5.80. The third-order valence-corrected chi connectivity index (χ3v) is 4.89. The molecule has 1 aliphatic carbocycles. The monoisotopic (exact) mass is 324 g/mol. The standard InChI is InChI=1S/C16H24N2O3S/c1-10(2)18-13(19)8-9-17-16(20)15-14(21-3)11-6-4-5-7-12(11)22-15/h10H,4-9H2,1-3H3,(H,17,20)(H,18,19). The highest BCUT2D eigenvalue weighted by atomic mass is 32.1. The lowest BCUT2D eigenvalue weighted by Crippen LogP contribution is -2.34. The molecule has 0 saturated carbocycles. The number of ether oxygens (including phenoxy) is 1. The smallest absolute Gasteiger partial charge is 0.265 e. The molecule has 1 heterocycles. The van der Waals surface area contributed by atoms with E-state index in [0.717, 1.165) is 25.0 Å². The van der Waals surface area contributed by atoms with Gasteiger partial charge in [-0.05, 0) is 39.5 Å². The lowest BCUT2D eigenvalue weighted by Gasteiger charge is -2.12. The van der Waals surface area contributed by atoms with Gasteiger partial charge in [-0.15, -0.1) is 11.3 Å². The van der Waals surface area contributed by atoms with Crippen LogP contribution in [0.1, 0.15) is 53.2 Å². The Morgan fingerprint density at radius 2 is 2.00 bits per heavy atom. The van der Waals surface area contributed by atoms with E-state index in [1.165, 1.54) is 28.2 Å². The van der Waals surface area contributed by atoms with Crippen LogP contribution in [0.15, 0.2) is 0 Å². The summed E-state index contributed by atoms with van der Waals surface area (Å²) in [7, 11) is 1.61. The van der Waals surface area contributed by atoms with E-state index in [0.29, 0.717) is 11.4 Å². The Bertz CT molecular complexity index is 552. The van der Waals surface area contributed by atoms with E-state index < -0.39 is 0 Å². The molecule has 0 fully saturated rings. The molecule has 122 valence electrons. The molecule has 0 aliphatic heterocycles. The summed E-state index contributed by atoms with van der Waals surface area (Å²) < 4.78 is 5.46. The molecule has 2 amide bonds. The maximum absolute atomic E-state index is 12.3. The van der Waals surface area contributed by atoms with Gasteiger partial charge in [-0.25, -0.2) is 0 Å². The zero-order valence-electron chi connectivity index (χ0n) is 13.5. The Morgan fingerprint density at radius 1 is 1.27 bits per heavy atom. The highest BCUT2D eigenvalue weighted by Crippen LogP contribution is 2.39. The van der Waals surface area contributed by atoms with E-state index in [9.17, 15) is 9.59 Å². The normalized spacial score (nSPS) is 13.6. The number of fused-ring (bicyclic) bond motifs is 1. The lowest BCUT2D eigenvalue weighted by atomic mass is 9.98. The fraction of sp³-hybridized carbons (Fsp3) is 0.625. The molecule has 0 unspecified atom stereocenters. The molecule has 0 radical (unpaired) electrons. The molecule has 2 N–H and O–H groups in total. The first kappa shape index (κ1) is 16.8. The van der Waals surface area contributed by atoms with Crippen LogP contribution in [-0.2, 0) is 17.6 Å². The molecule has 1 aliphatic rings. The van der Waals surface area contributed by atoms with Gasteiger partial charge in [-0.3, -0.25) is 9.59 Å². The molecule has 6 heteroatoms. The van der Waals surface area contributed by atoms with Gasteiger partial charge < -0.3 is 15.4 Å². The van der Waals surface area contributed by atoms with Gasteiger partial charge in [0.1, 0.15) is 10.6 Å². The number of methoxy groups -OCH3 is 1. The van der Waals surface area contributed by atoms with Gasteiger partial charge in [0.15, 0.2) is 0 Å². The summed E-state index contributed by atoms with van der Waals surface area (Å²) in [6.45, 7) is 4.16. The van der Waals surface area contributed by atoms with Crippen molar-refractivity contribution in [2.45, 2.75) is 52.0 Å². The largest absolute Gasteiger partial charge is 0.495 e. The number of amides is 2. The van der Waals surface area contributed by atoms with E-state index in [2.05, 4.69) is 10.6 Å². The van der Waals surface area contributed by atoms with Crippen LogP contribution >= 0.6 is 11.3 Å². The van der Waals surface area contributed by atoms with Crippen molar-refractivity contribution in [3.8, 4) is 5.75 Å². The van der Waals surface area contributed by atoms with Crippen molar-refractivity contribution in [1.29, 1.82) is 0 Å². The third kappa shape index (κ3) is 4.00. The zero-order chi connectivity index (χ0) is 16.1.